The van der Waals surface area contributed by atoms with Crippen molar-refractivity contribution in [1.29, 1.82) is 0 Å². The van der Waals surface area contributed by atoms with Crippen LogP contribution in [0, 0.1) is 0 Å². The Balaban J connectivity index is 1.84. The van der Waals surface area contributed by atoms with Gasteiger partial charge in [-0.2, -0.15) is 0 Å². The van der Waals surface area contributed by atoms with E-state index in [0.29, 0.717) is 23.1 Å². The third-order valence-electron chi connectivity index (χ3n) is 2.65. The molecule has 5 nitrogen and oxygen atoms in total. The van der Waals surface area contributed by atoms with Crippen molar-refractivity contribution in [2.45, 2.75) is 13.0 Å². The van der Waals surface area contributed by atoms with Crippen LogP contribution in [0.1, 0.15) is 21.9 Å². The van der Waals surface area contributed by atoms with Gasteiger partial charge in [0, 0.05) is 17.8 Å². The first-order valence-electron chi connectivity index (χ1n) is 5.96. The van der Waals surface area contributed by atoms with Crippen molar-refractivity contribution in [3.8, 4) is 0 Å². The monoisotopic (exact) mass is 278 g/mol. The van der Waals surface area contributed by atoms with Gasteiger partial charge in [-0.25, -0.2) is 4.98 Å². The second-order valence-electron chi connectivity index (χ2n) is 4.07. The smallest absolute Gasteiger partial charge is 0.271 e. The lowest BCUT2D eigenvalue weighted by atomic mass is 10.1. The van der Waals surface area contributed by atoms with Crippen LogP contribution in [0.3, 0.4) is 0 Å². The number of benzene rings is 1. The molecule has 0 bridgehead atoms. The first-order valence-corrected chi connectivity index (χ1v) is 6.34. The molecule has 0 saturated carbocycles. The Morgan fingerprint density at radius 3 is 3.00 bits per heavy atom. The summed E-state index contributed by atoms with van der Waals surface area (Å²) in [5.41, 5.74) is 6.85. The van der Waals surface area contributed by atoms with Crippen LogP contribution in [-0.4, -0.2) is 22.4 Å². The topological polar surface area (TPSA) is 83.8 Å². The summed E-state index contributed by atoms with van der Waals surface area (Å²) < 4.78 is 0. The highest BCUT2D eigenvalue weighted by atomic mass is 35.5. The van der Waals surface area contributed by atoms with Crippen LogP contribution in [0.15, 0.2) is 30.5 Å². The Morgan fingerprint density at radius 1 is 1.47 bits per heavy atom. The Hall–Kier alpha value is -1.85. The van der Waals surface area contributed by atoms with Gasteiger partial charge >= 0.3 is 0 Å². The number of aromatic nitrogens is 2. The number of hydrogen-bond acceptors (Lipinski definition) is 3. The molecule has 0 fully saturated rings. The second-order valence-corrected chi connectivity index (χ2v) is 4.51. The Labute approximate surface area is 116 Å². The summed E-state index contributed by atoms with van der Waals surface area (Å²) in [6.07, 6.45) is 2.28. The molecule has 0 aliphatic rings. The highest BCUT2D eigenvalue weighted by Crippen LogP contribution is 2.10. The summed E-state index contributed by atoms with van der Waals surface area (Å²) in [4.78, 5) is 18.7. The van der Waals surface area contributed by atoms with Crippen molar-refractivity contribution in [2.24, 2.45) is 5.73 Å². The molecule has 2 rings (SSSR count). The van der Waals surface area contributed by atoms with E-state index in [1.165, 1.54) is 0 Å². The minimum Gasteiger partial charge on any atom is -0.350 e. The number of hydrogen-bond donors (Lipinski definition) is 3. The minimum absolute atomic E-state index is 0.210. The molecule has 4 N–H and O–H groups in total. The first-order chi connectivity index (χ1) is 9.19. The van der Waals surface area contributed by atoms with E-state index in [-0.39, 0.29) is 12.5 Å². The van der Waals surface area contributed by atoms with Crippen molar-refractivity contribution in [3.05, 3.63) is 52.6 Å². The van der Waals surface area contributed by atoms with E-state index >= 15 is 0 Å². The molecule has 0 radical (unpaired) electrons. The molecule has 0 unspecified atom stereocenters. The number of nitrogens with two attached hydrogens (primary N) is 1. The fourth-order valence-electron chi connectivity index (χ4n) is 1.69. The predicted octanol–water partition coefficient (Wildman–Crippen LogP) is 1.49. The number of imidazole rings is 1. The molecule has 0 spiro atoms. The van der Waals surface area contributed by atoms with E-state index in [1.807, 2.05) is 24.3 Å². The van der Waals surface area contributed by atoms with Gasteiger partial charge in [0.1, 0.15) is 11.5 Å². The van der Waals surface area contributed by atoms with Gasteiger partial charge in [0.05, 0.1) is 6.54 Å². The SMILES string of the molecule is NCc1nc(C(=O)NCCc2cccc(Cl)c2)c[nH]1. The summed E-state index contributed by atoms with van der Waals surface area (Å²) in [6, 6.07) is 7.57. The number of carbonyl (C=O) groups is 1. The van der Waals surface area contributed by atoms with Crippen LogP contribution in [-0.2, 0) is 13.0 Å². The van der Waals surface area contributed by atoms with Crippen molar-refractivity contribution >= 4 is 17.5 Å². The molecule has 1 amide bonds. The fourth-order valence-corrected chi connectivity index (χ4v) is 1.90. The maximum absolute atomic E-state index is 11.8. The van der Waals surface area contributed by atoms with Crippen LogP contribution in [0.25, 0.3) is 0 Å². The number of amides is 1. The molecular weight excluding hydrogens is 264 g/mol. The van der Waals surface area contributed by atoms with Crippen LogP contribution in [0.2, 0.25) is 5.02 Å². The van der Waals surface area contributed by atoms with Gasteiger partial charge < -0.3 is 16.0 Å². The minimum atomic E-state index is -0.210. The lowest BCUT2D eigenvalue weighted by Gasteiger charge is -2.03. The van der Waals surface area contributed by atoms with Gasteiger partial charge in [-0.15, -0.1) is 0 Å². The molecule has 0 atom stereocenters. The van der Waals surface area contributed by atoms with Crippen LogP contribution < -0.4 is 11.1 Å². The molecule has 0 aliphatic heterocycles. The number of carbonyl (C=O) groups excluding carboxylic acids is 1. The number of nitrogens with zero attached hydrogens (tertiary/aromatic N) is 1. The van der Waals surface area contributed by atoms with Gasteiger partial charge in [-0.3, -0.25) is 4.79 Å². The van der Waals surface area contributed by atoms with Crippen molar-refractivity contribution in [1.82, 2.24) is 15.3 Å². The largest absolute Gasteiger partial charge is 0.350 e. The number of nitrogens with one attached hydrogen (secondary N) is 2. The quantitative estimate of drug-likeness (QED) is 0.775. The summed E-state index contributed by atoms with van der Waals surface area (Å²) in [5, 5.41) is 3.50. The summed E-state index contributed by atoms with van der Waals surface area (Å²) in [7, 11) is 0. The lowest BCUT2D eigenvalue weighted by Crippen LogP contribution is -2.26. The summed E-state index contributed by atoms with van der Waals surface area (Å²) in [5.74, 6) is 0.387. The van der Waals surface area contributed by atoms with E-state index in [1.54, 1.807) is 6.20 Å². The van der Waals surface area contributed by atoms with Gasteiger partial charge in [0.15, 0.2) is 0 Å². The lowest BCUT2D eigenvalue weighted by molar-refractivity contribution is 0.0949. The molecule has 0 aliphatic carbocycles. The predicted molar refractivity (Wildman–Crippen MR) is 74.0 cm³/mol. The molecule has 1 heterocycles. The number of halogens is 1. The maximum Gasteiger partial charge on any atom is 0.271 e. The molecule has 100 valence electrons. The number of aromatic amines is 1. The van der Waals surface area contributed by atoms with E-state index < -0.39 is 0 Å². The molecule has 1 aromatic carbocycles. The first kappa shape index (κ1) is 13.6. The van der Waals surface area contributed by atoms with E-state index in [4.69, 9.17) is 17.3 Å². The number of H-pyrrole nitrogens is 1. The van der Waals surface area contributed by atoms with E-state index in [2.05, 4.69) is 15.3 Å². The standard InChI is InChI=1S/C13H15ClN4O/c14-10-3-1-2-9(6-10)4-5-16-13(19)11-8-17-12(7-15)18-11/h1-3,6,8H,4-5,7,15H2,(H,16,19)(H,17,18). The average Bonchev–Trinajstić information content (AvgIpc) is 2.87. The van der Waals surface area contributed by atoms with Gasteiger partial charge in [0.2, 0.25) is 0 Å². The Morgan fingerprint density at radius 2 is 2.32 bits per heavy atom. The van der Waals surface area contributed by atoms with Crippen molar-refractivity contribution in [3.63, 3.8) is 0 Å². The zero-order valence-corrected chi connectivity index (χ0v) is 11.1. The molecule has 6 heteroatoms. The van der Waals surface area contributed by atoms with Crippen molar-refractivity contribution < 1.29 is 4.79 Å². The third kappa shape index (κ3) is 3.81. The average molecular weight is 279 g/mol. The second kappa shape index (κ2) is 6.36. The Kier molecular flexibility index (Phi) is 4.54. The zero-order valence-electron chi connectivity index (χ0n) is 10.3. The van der Waals surface area contributed by atoms with Crippen LogP contribution in [0.4, 0.5) is 0 Å². The summed E-state index contributed by atoms with van der Waals surface area (Å²) in [6.45, 7) is 0.819. The number of rotatable bonds is 5. The fraction of sp³-hybridized carbons (Fsp3) is 0.231. The molecule has 19 heavy (non-hydrogen) atoms. The molecule has 1 aromatic heterocycles. The van der Waals surface area contributed by atoms with Crippen molar-refractivity contribution in [2.75, 3.05) is 6.54 Å². The van der Waals surface area contributed by atoms with Gasteiger partial charge in [-0.05, 0) is 24.1 Å². The molecule has 0 saturated heterocycles. The van der Waals surface area contributed by atoms with Crippen LogP contribution >= 0.6 is 11.6 Å². The normalized spacial score (nSPS) is 10.4. The van der Waals surface area contributed by atoms with E-state index in [9.17, 15) is 4.79 Å². The molecule has 2 aromatic rings. The summed E-state index contributed by atoms with van der Waals surface area (Å²) >= 11 is 5.89. The Bertz CT molecular complexity index is 567. The van der Waals surface area contributed by atoms with Crippen LogP contribution in [0.5, 0.6) is 0 Å². The van der Waals surface area contributed by atoms with E-state index in [0.717, 1.165) is 12.0 Å². The molecular formula is C13H15ClN4O. The maximum atomic E-state index is 11.8. The zero-order chi connectivity index (χ0) is 13.7. The highest BCUT2D eigenvalue weighted by Gasteiger charge is 2.08. The van der Waals surface area contributed by atoms with Gasteiger partial charge in [-0.1, -0.05) is 23.7 Å². The van der Waals surface area contributed by atoms with Gasteiger partial charge in [0.25, 0.3) is 5.91 Å². The highest BCUT2D eigenvalue weighted by molar-refractivity contribution is 6.30. The third-order valence-corrected chi connectivity index (χ3v) is 2.88.